The van der Waals surface area contributed by atoms with Crippen LogP contribution >= 0.6 is 0 Å². The summed E-state index contributed by atoms with van der Waals surface area (Å²) in [5, 5.41) is 12.1. The van der Waals surface area contributed by atoms with E-state index in [-0.39, 0.29) is 11.1 Å². The van der Waals surface area contributed by atoms with Gasteiger partial charge in [0.2, 0.25) is 0 Å². The molecule has 0 saturated heterocycles. The zero-order chi connectivity index (χ0) is 14.8. The van der Waals surface area contributed by atoms with Gasteiger partial charge in [-0.25, -0.2) is 14.8 Å². The second-order valence-corrected chi connectivity index (χ2v) is 5.51. The lowest BCUT2D eigenvalue weighted by Gasteiger charge is -2.23. The second kappa shape index (κ2) is 5.28. The highest BCUT2D eigenvalue weighted by Gasteiger charge is 2.17. The van der Waals surface area contributed by atoms with Crippen LogP contribution in [0.15, 0.2) is 36.7 Å². The van der Waals surface area contributed by atoms with Crippen LogP contribution in [0.5, 0.6) is 0 Å². The van der Waals surface area contributed by atoms with Crippen molar-refractivity contribution in [3.05, 3.63) is 47.9 Å². The number of benzene rings is 1. The average Bonchev–Trinajstić information content (AvgIpc) is 2.38. The average molecular weight is 271 g/mol. The molecule has 5 heteroatoms. The minimum atomic E-state index is -1.07. The fourth-order valence-electron chi connectivity index (χ4n) is 1.93. The Balaban J connectivity index is 2.36. The molecule has 20 heavy (non-hydrogen) atoms. The molecule has 0 spiro atoms. The standard InChI is InChI=1S/C15H17N3O2/c1-15(2,3)10-6-4-5-7-11(10)18-13-8-12(14(19)20)16-9-17-13/h4-9H,1-3H3,(H,19,20)(H,16,17,18). The SMILES string of the molecule is CC(C)(C)c1ccccc1Nc1cc(C(=O)O)ncn1. The molecule has 0 radical (unpaired) electrons. The number of anilines is 2. The first-order valence-electron chi connectivity index (χ1n) is 6.30. The predicted octanol–water partition coefficient (Wildman–Crippen LogP) is 3.22. The molecule has 1 heterocycles. The maximum absolute atomic E-state index is 10.9. The fourth-order valence-corrected chi connectivity index (χ4v) is 1.93. The van der Waals surface area contributed by atoms with Crippen molar-refractivity contribution in [2.24, 2.45) is 0 Å². The topological polar surface area (TPSA) is 75.1 Å². The van der Waals surface area contributed by atoms with Crippen molar-refractivity contribution in [3.8, 4) is 0 Å². The number of carbonyl (C=O) groups is 1. The van der Waals surface area contributed by atoms with Crippen LogP contribution in [0.25, 0.3) is 0 Å². The number of nitrogens with one attached hydrogen (secondary N) is 1. The maximum Gasteiger partial charge on any atom is 0.354 e. The molecule has 0 aliphatic carbocycles. The van der Waals surface area contributed by atoms with Crippen molar-refractivity contribution in [2.45, 2.75) is 26.2 Å². The van der Waals surface area contributed by atoms with E-state index in [0.29, 0.717) is 5.82 Å². The van der Waals surface area contributed by atoms with E-state index in [2.05, 4.69) is 36.1 Å². The van der Waals surface area contributed by atoms with Gasteiger partial charge in [-0.3, -0.25) is 0 Å². The Morgan fingerprint density at radius 3 is 2.55 bits per heavy atom. The first kappa shape index (κ1) is 14.0. The molecule has 1 aromatic heterocycles. The first-order chi connectivity index (χ1) is 9.38. The Kier molecular flexibility index (Phi) is 3.70. The Hall–Kier alpha value is -2.43. The lowest BCUT2D eigenvalue weighted by Crippen LogP contribution is -2.14. The minimum absolute atomic E-state index is 0.0216. The molecule has 0 atom stereocenters. The molecular weight excluding hydrogens is 254 g/mol. The van der Waals surface area contributed by atoms with Crippen molar-refractivity contribution in [1.82, 2.24) is 9.97 Å². The van der Waals surface area contributed by atoms with Crippen molar-refractivity contribution >= 4 is 17.5 Å². The molecule has 0 amide bonds. The zero-order valence-electron chi connectivity index (χ0n) is 11.7. The van der Waals surface area contributed by atoms with Gasteiger partial charge in [-0.05, 0) is 17.0 Å². The Bertz CT molecular complexity index is 633. The quantitative estimate of drug-likeness (QED) is 0.896. The molecule has 0 aliphatic heterocycles. The normalized spacial score (nSPS) is 11.2. The van der Waals surface area contributed by atoms with Crippen LogP contribution in [0.1, 0.15) is 36.8 Å². The van der Waals surface area contributed by atoms with Crippen molar-refractivity contribution in [2.75, 3.05) is 5.32 Å². The predicted molar refractivity (Wildman–Crippen MR) is 77.4 cm³/mol. The molecule has 0 bridgehead atoms. The maximum atomic E-state index is 10.9. The van der Waals surface area contributed by atoms with E-state index < -0.39 is 5.97 Å². The summed E-state index contributed by atoms with van der Waals surface area (Å²) in [6.07, 6.45) is 1.24. The lowest BCUT2D eigenvalue weighted by atomic mass is 9.86. The van der Waals surface area contributed by atoms with Crippen LogP contribution in [0.3, 0.4) is 0 Å². The Morgan fingerprint density at radius 1 is 1.20 bits per heavy atom. The highest BCUT2D eigenvalue weighted by atomic mass is 16.4. The van der Waals surface area contributed by atoms with Gasteiger partial charge in [0.25, 0.3) is 0 Å². The Labute approximate surface area is 117 Å². The van der Waals surface area contributed by atoms with Crippen LogP contribution in [-0.4, -0.2) is 21.0 Å². The monoisotopic (exact) mass is 271 g/mol. The molecule has 2 aromatic rings. The fraction of sp³-hybridized carbons (Fsp3) is 0.267. The molecule has 104 valence electrons. The van der Waals surface area contributed by atoms with Crippen molar-refractivity contribution in [1.29, 1.82) is 0 Å². The number of hydrogen-bond acceptors (Lipinski definition) is 4. The van der Waals surface area contributed by atoms with E-state index in [1.807, 2.05) is 24.3 Å². The van der Waals surface area contributed by atoms with Crippen LogP contribution < -0.4 is 5.32 Å². The smallest absolute Gasteiger partial charge is 0.354 e. The van der Waals surface area contributed by atoms with Crippen molar-refractivity contribution < 1.29 is 9.90 Å². The summed E-state index contributed by atoms with van der Waals surface area (Å²) in [5.74, 6) is -0.603. The molecule has 2 rings (SSSR count). The Morgan fingerprint density at radius 2 is 1.90 bits per heavy atom. The van der Waals surface area contributed by atoms with Gasteiger partial charge in [-0.1, -0.05) is 39.0 Å². The largest absolute Gasteiger partial charge is 0.477 e. The van der Waals surface area contributed by atoms with Crippen LogP contribution in [-0.2, 0) is 5.41 Å². The van der Waals surface area contributed by atoms with Gasteiger partial charge in [0.15, 0.2) is 5.69 Å². The summed E-state index contributed by atoms with van der Waals surface area (Å²) in [5.41, 5.74) is 1.99. The van der Waals surface area contributed by atoms with Gasteiger partial charge in [0.05, 0.1) is 0 Å². The molecular formula is C15H17N3O2. The van der Waals surface area contributed by atoms with Gasteiger partial charge < -0.3 is 10.4 Å². The van der Waals surface area contributed by atoms with E-state index in [0.717, 1.165) is 11.3 Å². The summed E-state index contributed by atoms with van der Waals surface area (Å²) in [7, 11) is 0. The molecule has 2 N–H and O–H groups in total. The summed E-state index contributed by atoms with van der Waals surface area (Å²) in [6.45, 7) is 6.36. The zero-order valence-corrected chi connectivity index (χ0v) is 11.7. The first-order valence-corrected chi connectivity index (χ1v) is 6.30. The molecule has 1 aromatic carbocycles. The molecule has 0 saturated carbocycles. The number of nitrogens with zero attached hydrogens (tertiary/aromatic N) is 2. The summed E-state index contributed by atoms with van der Waals surface area (Å²) >= 11 is 0. The molecule has 0 aliphatic rings. The van der Waals surface area contributed by atoms with Gasteiger partial charge >= 0.3 is 5.97 Å². The third-order valence-corrected chi connectivity index (χ3v) is 2.88. The summed E-state index contributed by atoms with van der Waals surface area (Å²) < 4.78 is 0. The van der Waals surface area contributed by atoms with Crippen molar-refractivity contribution in [3.63, 3.8) is 0 Å². The van der Waals surface area contributed by atoms with Gasteiger partial charge in [-0.15, -0.1) is 0 Å². The van der Waals surface area contributed by atoms with Crippen LogP contribution in [0.2, 0.25) is 0 Å². The third-order valence-electron chi connectivity index (χ3n) is 2.88. The number of aromatic carboxylic acids is 1. The molecule has 5 nitrogen and oxygen atoms in total. The van der Waals surface area contributed by atoms with Gasteiger partial charge in [0, 0.05) is 11.8 Å². The number of aromatic nitrogens is 2. The number of para-hydroxylation sites is 1. The molecule has 0 unspecified atom stereocenters. The van der Waals surface area contributed by atoms with E-state index in [1.165, 1.54) is 12.4 Å². The summed E-state index contributed by atoms with van der Waals surface area (Å²) in [4.78, 5) is 18.7. The van der Waals surface area contributed by atoms with E-state index in [4.69, 9.17) is 5.11 Å². The minimum Gasteiger partial charge on any atom is -0.477 e. The van der Waals surface area contributed by atoms with Gasteiger partial charge in [-0.2, -0.15) is 0 Å². The summed E-state index contributed by atoms with van der Waals surface area (Å²) in [6, 6.07) is 9.32. The second-order valence-electron chi connectivity index (χ2n) is 5.51. The number of rotatable bonds is 3. The number of hydrogen-bond donors (Lipinski definition) is 2. The van der Waals surface area contributed by atoms with Crippen LogP contribution in [0, 0.1) is 0 Å². The molecule has 0 fully saturated rings. The van der Waals surface area contributed by atoms with E-state index in [9.17, 15) is 4.79 Å². The lowest BCUT2D eigenvalue weighted by molar-refractivity contribution is 0.0690. The number of carboxylic acids is 1. The number of carboxylic acid groups (broad SMARTS) is 1. The highest BCUT2D eigenvalue weighted by molar-refractivity contribution is 5.86. The van der Waals surface area contributed by atoms with E-state index >= 15 is 0 Å². The third kappa shape index (κ3) is 3.12. The van der Waals surface area contributed by atoms with E-state index in [1.54, 1.807) is 0 Å². The highest BCUT2D eigenvalue weighted by Crippen LogP contribution is 2.30. The van der Waals surface area contributed by atoms with Crippen LogP contribution in [0.4, 0.5) is 11.5 Å². The van der Waals surface area contributed by atoms with Gasteiger partial charge in [0.1, 0.15) is 12.1 Å².